The third-order valence-electron chi connectivity index (χ3n) is 10.8. The van der Waals surface area contributed by atoms with E-state index in [0.29, 0.717) is 17.4 Å². The highest BCUT2D eigenvalue weighted by Crippen LogP contribution is 2.43. The normalized spacial score (nSPS) is 14.6. The van der Waals surface area contributed by atoms with E-state index in [1.165, 1.54) is 128 Å². The molecule has 0 saturated heterocycles. The lowest BCUT2D eigenvalue weighted by Crippen LogP contribution is -2.45. The summed E-state index contributed by atoms with van der Waals surface area (Å²) in [6.45, 7) is 4.70. The number of likely N-dealkylation sites (N-methyl/N-ethyl adjacent to an activating group) is 1. The van der Waals surface area contributed by atoms with Crippen molar-refractivity contribution in [3.63, 3.8) is 0 Å². The van der Waals surface area contributed by atoms with E-state index in [0.717, 1.165) is 64.2 Å². The zero-order chi connectivity index (χ0) is 43.6. The van der Waals surface area contributed by atoms with Gasteiger partial charge in [0, 0.05) is 6.42 Å². The number of carbonyl (C=O) groups excluding carboxylic acids is 1. The Labute approximate surface area is 365 Å². The quantitative estimate of drug-likeness (QED) is 0.0244. The molecule has 3 atom stereocenters. The number of nitrogens with one attached hydrogen (secondary N) is 1. The maximum Gasteiger partial charge on any atom is 0.472 e. The van der Waals surface area contributed by atoms with Gasteiger partial charge in [-0.25, -0.2) is 4.57 Å². The molecule has 59 heavy (non-hydrogen) atoms. The van der Waals surface area contributed by atoms with Crippen molar-refractivity contribution in [3.05, 3.63) is 48.6 Å². The minimum atomic E-state index is -4.34. The monoisotopic (exact) mass is 852 g/mol. The number of aliphatic hydroxyl groups excluding tert-OH is 1. The Hall–Kier alpha value is -1.54. The van der Waals surface area contributed by atoms with Crippen LogP contribution in [-0.2, 0) is 18.4 Å². The fraction of sp³-hybridized carbons (Fsp3) is 0.820. The van der Waals surface area contributed by atoms with Crippen molar-refractivity contribution in [2.75, 3.05) is 40.9 Å². The van der Waals surface area contributed by atoms with E-state index >= 15 is 0 Å². The second kappa shape index (κ2) is 41.8. The van der Waals surface area contributed by atoms with Gasteiger partial charge < -0.3 is 19.8 Å². The number of aliphatic hydroxyl groups is 1. The van der Waals surface area contributed by atoms with Crippen LogP contribution in [0.5, 0.6) is 0 Å². The van der Waals surface area contributed by atoms with Gasteiger partial charge in [0.05, 0.1) is 39.9 Å². The number of rotatable bonds is 44. The van der Waals surface area contributed by atoms with Gasteiger partial charge in [0.1, 0.15) is 13.2 Å². The van der Waals surface area contributed by atoms with Crippen LogP contribution in [0.1, 0.15) is 213 Å². The smallest absolute Gasteiger partial charge is 0.387 e. The SMILES string of the molecule is CC/C=C\C/C=C\C/C=C\CCCCCCCCCC(=O)NC(COP(=O)(O)OCC[N+](C)(C)C)C(O)/C=C/CCCCCCCCCCCCCCCCCCCC. The van der Waals surface area contributed by atoms with E-state index in [4.69, 9.17) is 9.05 Å². The van der Waals surface area contributed by atoms with Gasteiger partial charge in [0.25, 0.3) is 0 Å². The first-order chi connectivity index (χ1) is 28.5. The Morgan fingerprint density at radius 1 is 0.593 bits per heavy atom. The summed E-state index contributed by atoms with van der Waals surface area (Å²) in [4.78, 5) is 23.2. The molecule has 9 heteroatoms. The second-order valence-corrected chi connectivity index (χ2v) is 19.3. The van der Waals surface area contributed by atoms with E-state index in [1.54, 1.807) is 6.08 Å². The first kappa shape index (κ1) is 57.5. The highest BCUT2D eigenvalue weighted by Gasteiger charge is 2.27. The van der Waals surface area contributed by atoms with Gasteiger partial charge in [0.15, 0.2) is 0 Å². The molecule has 0 aromatic carbocycles. The number of hydrogen-bond donors (Lipinski definition) is 3. The third-order valence-corrected chi connectivity index (χ3v) is 11.8. The molecule has 0 aromatic heterocycles. The highest BCUT2D eigenvalue weighted by molar-refractivity contribution is 7.47. The fourth-order valence-corrected chi connectivity index (χ4v) is 7.67. The van der Waals surface area contributed by atoms with Crippen LogP contribution in [0, 0.1) is 0 Å². The van der Waals surface area contributed by atoms with Gasteiger partial charge in [-0.2, -0.15) is 0 Å². The molecule has 0 spiro atoms. The van der Waals surface area contributed by atoms with Crippen LogP contribution in [0.25, 0.3) is 0 Å². The van der Waals surface area contributed by atoms with Crippen molar-refractivity contribution >= 4 is 13.7 Å². The van der Waals surface area contributed by atoms with Crippen molar-refractivity contribution in [1.82, 2.24) is 5.32 Å². The van der Waals surface area contributed by atoms with Crippen molar-refractivity contribution in [2.45, 2.75) is 225 Å². The highest BCUT2D eigenvalue weighted by atomic mass is 31.2. The molecule has 0 aliphatic rings. The van der Waals surface area contributed by atoms with Crippen LogP contribution in [0.4, 0.5) is 0 Å². The van der Waals surface area contributed by atoms with E-state index in [1.807, 2.05) is 27.2 Å². The second-order valence-electron chi connectivity index (χ2n) is 17.8. The molecule has 0 fully saturated rings. The van der Waals surface area contributed by atoms with Gasteiger partial charge in [-0.1, -0.05) is 204 Å². The summed E-state index contributed by atoms with van der Waals surface area (Å²) in [7, 11) is 1.56. The average Bonchev–Trinajstić information content (AvgIpc) is 3.19. The molecule has 0 aliphatic carbocycles. The summed E-state index contributed by atoms with van der Waals surface area (Å²) in [5.74, 6) is -0.188. The van der Waals surface area contributed by atoms with E-state index in [9.17, 15) is 19.4 Å². The summed E-state index contributed by atoms with van der Waals surface area (Å²) >= 11 is 0. The number of unbranched alkanes of at least 4 members (excludes halogenated alkanes) is 25. The minimum absolute atomic E-state index is 0.0582. The molecule has 1 amide bonds. The maximum absolute atomic E-state index is 12.9. The molecule has 8 nitrogen and oxygen atoms in total. The number of quaternary nitrogens is 1. The fourth-order valence-electron chi connectivity index (χ4n) is 6.94. The number of phosphoric acid groups is 1. The summed E-state index contributed by atoms with van der Waals surface area (Å²) in [5, 5.41) is 13.9. The summed E-state index contributed by atoms with van der Waals surface area (Å²) in [6.07, 6.45) is 53.2. The van der Waals surface area contributed by atoms with Crippen LogP contribution < -0.4 is 5.32 Å². The standard InChI is InChI=1S/C50H95N2O6P/c1-6-8-10-12-14-16-18-20-22-24-25-26-28-29-31-33-35-37-39-41-43-49(53)48(47-58-59(55,56)57-46-45-52(3,4)5)51-50(54)44-42-40-38-36-34-32-30-27-23-21-19-17-15-13-11-9-7-2/h9,11,15,17,21,23,41,43,48-49,53H,6-8,10,12-14,16,18-20,22,24-40,42,44-47H2,1-5H3,(H-,51,54,55,56)/p+1/b11-9-,17-15-,23-21-,43-41+. The topological polar surface area (TPSA) is 105 Å². The molecule has 0 rings (SSSR count). The Balaban J connectivity index is 4.36. The molecule has 346 valence electrons. The van der Waals surface area contributed by atoms with Crippen molar-refractivity contribution in [1.29, 1.82) is 0 Å². The molecule has 3 unspecified atom stereocenters. The average molecular weight is 852 g/mol. The lowest BCUT2D eigenvalue weighted by atomic mass is 10.0. The summed E-state index contributed by atoms with van der Waals surface area (Å²) in [5.41, 5.74) is 0. The molecule has 0 saturated carbocycles. The third kappa shape index (κ3) is 44.3. The molecule has 0 aromatic rings. The Morgan fingerprint density at radius 3 is 1.49 bits per heavy atom. The number of phosphoric ester groups is 1. The molecular formula is C50H96N2O6P+. The first-order valence-corrected chi connectivity index (χ1v) is 26.0. The number of carbonyl (C=O) groups is 1. The lowest BCUT2D eigenvalue weighted by Gasteiger charge is -2.25. The summed E-state index contributed by atoms with van der Waals surface area (Å²) in [6, 6.07) is -0.852. The van der Waals surface area contributed by atoms with Gasteiger partial charge in [0.2, 0.25) is 5.91 Å². The van der Waals surface area contributed by atoms with Crippen LogP contribution in [0.2, 0.25) is 0 Å². The van der Waals surface area contributed by atoms with E-state index < -0.39 is 20.0 Å². The van der Waals surface area contributed by atoms with Crippen LogP contribution in [0.15, 0.2) is 48.6 Å². The molecular weight excluding hydrogens is 756 g/mol. The number of nitrogens with zero attached hydrogens (tertiary/aromatic N) is 1. The van der Waals surface area contributed by atoms with Crippen molar-refractivity contribution < 1.29 is 32.9 Å². The number of amides is 1. The molecule has 3 N–H and O–H groups in total. The summed E-state index contributed by atoms with van der Waals surface area (Å²) < 4.78 is 23.6. The zero-order valence-corrected chi connectivity index (χ0v) is 40.1. The molecule has 0 aliphatic heterocycles. The minimum Gasteiger partial charge on any atom is -0.387 e. The Kier molecular flexibility index (Phi) is 40.7. The largest absolute Gasteiger partial charge is 0.472 e. The molecule has 0 bridgehead atoms. The van der Waals surface area contributed by atoms with Gasteiger partial charge in [-0.05, 0) is 51.4 Å². The maximum atomic E-state index is 12.9. The van der Waals surface area contributed by atoms with Gasteiger partial charge in [-0.3, -0.25) is 13.8 Å². The van der Waals surface area contributed by atoms with Crippen LogP contribution in [-0.4, -0.2) is 73.4 Å². The first-order valence-electron chi connectivity index (χ1n) is 24.5. The Morgan fingerprint density at radius 2 is 1.02 bits per heavy atom. The van der Waals surface area contributed by atoms with E-state index in [2.05, 4.69) is 55.6 Å². The zero-order valence-electron chi connectivity index (χ0n) is 39.2. The number of hydrogen-bond acceptors (Lipinski definition) is 5. The number of allylic oxidation sites excluding steroid dienone is 7. The van der Waals surface area contributed by atoms with Gasteiger partial charge >= 0.3 is 7.82 Å². The molecule has 0 heterocycles. The predicted octanol–water partition coefficient (Wildman–Crippen LogP) is 14.0. The molecule has 0 radical (unpaired) electrons. The Bertz CT molecular complexity index is 1100. The van der Waals surface area contributed by atoms with Crippen LogP contribution >= 0.6 is 7.82 Å². The van der Waals surface area contributed by atoms with E-state index in [-0.39, 0.29) is 19.1 Å². The lowest BCUT2D eigenvalue weighted by molar-refractivity contribution is -0.870. The van der Waals surface area contributed by atoms with Crippen molar-refractivity contribution in [3.8, 4) is 0 Å². The van der Waals surface area contributed by atoms with Crippen molar-refractivity contribution in [2.24, 2.45) is 0 Å². The predicted molar refractivity (Wildman–Crippen MR) is 254 cm³/mol. The van der Waals surface area contributed by atoms with Gasteiger partial charge in [-0.15, -0.1) is 0 Å². The van der Waals surface area contributed by atoms with Crippen LogP contribution in [0.3, 0.4) is 0 Å².